The van der Waals surface area contributed by atoms with E-state index in [1.54, 1.807) is 6.92 Å². The molecule has 9 nitrogen and oxygen atoms in total. The van der Waals surface area contributed by atoms with E-state index >= 15 is 0 Å². The first-order valence-corrected chi connectivity index (χ1v) is 7.39. The summed E-state index contributed by atoms with van der Waals surface area (Å²) in [5.41, 5.74) is -3.14. The van der Waals surface area contributed by atoms with Crippen LogP contribution in [-0.2, 0) is 14.8 Å². The van der Waals surface area contributed by atoms with Crippen molar-refractivity contribution >= 4 is 10.0 Å². The van der Waals surface area contributed by atoms with E-state index in [1.807, 2.05) is 4.98 Å². The lowest BCUT2D eigenvalue weighted by molar-refractivity contribution is -0.0228. The van der Waals surface area contributed by atoms with Crippen LogP contribution < -0.4 is 16.0 Å². The fourth-order valence-electron chi connectivity index (χ4n) is 1.90. The number of ether oxygens (including phenoxy) is 1. The van der Waals surface area contributed by atoms with Gasteiger partial charge in [0, 0.05) is 25.8 Å². The standard InChI is InChI=1S/C10H15N3O6S/c1-6-10(16,2-3-19-6)5-12-20(17,18)7-4-11-9(15)13-8(7)14/h4,6,12,16H,2-3,5H2,1H3,(H2,11,13,14,15). The normalized spacial score (nSPS) is 26.8. The van der Waals surface area contributed by atoms with Gasteiger partial charge in [0.05, 0.1) is 6.10 Å². The van der Waals surface area contributed by atoms with Gasteiger partial charge in [0.1, 0.15) is 5.60 Å². The third-order valence-corrected chi connectivity index (χ3v) is 4.71. The molecule has 0 spiro atoms. The fraction of sp³-hybridized carbons (Fsp3) is 0.600. The van der Waals surface area contributed by atoms with E-state index in [2.05, 4.69) is 9.71 Å². The lowest BCUT2D eigenvalue weighted by atomic mass is 9.97. The van der Waals surface area contributed by atoms with E-state index < -0.39 is 37.9 Å². The highest BCUT2D eigenvalue weighted by atomic mass is 32.2. The summed E-state index contributed by atoms with van der Waals surface area (Å²) in [5.74, 6) is 0. The lowest BCUT2D eigenvalue weighted by Gasteiger charge is -2.25. The summed E-state index contributed by atoms with van der Waals surface area (Å²) in [5, 5.41) is 10.2. The Labute approximate surface area is 114 Å². The molecule has 1 aromatic heterocycles. The summed E-state index contributed by atoms with van der Waals surface area (Å²) < 4.78 is 31.3. The highest BCUT2D eigenvalue weighted by Gasteiger charge is 2.40. The van der Waals surface area contributed by atoms with Gasteiger partial charge in [0.2, 0.25) is 10.0 Å². The Bertz CT molecular complexity index is 708. The molecule has 112 valence electrons. The molecule has 2 atom stereocenters. The van der Waals surface area contributed by atoms with Crippen LogP contribution in [0.2, 0.25) is 0 Å². The number of hydrogen-bond acceptors (Lipinski definition) is 6. The molecular formula is C10H15N3O6S. The van der Waals surface area contributed by atoms with Gasteiger partial charge in [-0.1, -0.05) is 0 Å². The quantitative estimate of drug-likeness (QED) is 0.501. The summed E-state index contributed by atoms with van der Waals surface area (Å²) in [6.45, 7) is 1.68. The molecule has 10 heteroatoms. The maximum absolute atomic E-state index is 12.0. The van der Waals surface area contributed by atoms with Crippen LogP contribution in [0, 0.1) is 0 Å². The minimum absolute atomic E-state index is 0.283. The van der Waals surface area contributed by atoms with Gasteiger partial charge in [-0.05, 0) is 6.92 Å². The topological polar surface area (TPSA) is 141 Å². The maximum atomic E-state index is 12.0. The minimum Gasteiger partial charge on any atom is -0.386 e. The molecule has 2 unspecified atom stereocenters. The highest BCUT2D eigenvalue weighted by molar-refractivity contribution is 7.89. The van der Waals surface area contributed by atoms with E-state index in [-0.39, 0.29) is 6.54 Å². The molecule has 0 radical (unpaired) electrons. The molecule has 2 heterocycles. The summed E-state index contributed by atoms with van der Waals surface area (Å²) >= 11 is 0. The fourth-order valence-corrected chi connectivity index (χ4v) is 3.00. The molecule has 2 rings (SSSR count). The van der Waals surface area contributed by atoms with Gasteiger partial charge in [-0.25, -0.2) is 17.9 Å². The van der Waals surface area contributed by atoms with Gasteiger partial charge >= 0.3 is 5.69 Å². The van der Waals surface area contributed by atoms with Crippen LogP contribution in [0.4, 0.5) is 0 Å². The van der Waals surface area contributed by atoms with Crippen LogP contribution in [0.1, 0.15) is 13.3 Å². The largest absolute Gasteiger partial charge is 0.386 e. The molecule has 0 saturated carbocycles. The predicted octanol–water partition coefficient (Wildman–Crippen LogP) is -2.12. The Hall–Kier alpha value is -1.49. The zero-order valence-electron chi connectivity index (χ0n) is 10.7. The second-order valence-electron chi connectivity index (χ2n) is 4.63. The number of rotatable bonds is 4. The molecule has 4 N–H and O–H groups in total. The van der Waals surface area contributed by atoms with Crippen LogP contribution >= 0.6 is 0 Å². The Morgan fingerprint density at radius 3 is 2.80 bits per heavy atom. The van der Waals surface area contributed by atoms with Crippen molar-refractivity contribution in [3.63, 3.8) is 0 Å². The second-order valence-corrected chi connectivity index (χ2v) is 6.36. The van der Waals surface area contributed by atoms with Crippen molar-refractivity contribution in [2.75, 3.05) is 13.2 Å². The van der Waals surface area contributed by atoms with Crippen LogP contribution in [0.25, 0.3) is 0 Å². The zero-order chi connectivity index (χ0) is 15.0. The van der Waals surface area contributed by atoms with Crippen molar-refractivity contribution in [1.82, 2.24) is 14.7 Å². The third-order valence-electron chi connectivity index (χ3n) is 3.30. The molecule has 20 heavy (non-hydrogen) atoms. The molecule has 1 aliphatic heterocycles. The Kier molecular flexibility index (Phi) is 3.82. The number of hydrogen-bond donors (Lipinski definition) is 4. The van der Waals surface area contributed by atoms with E-state index in [0.29, 0.717) is 13.0 Å². The van der Waals surface area contributed by atoms with Gasteiger partial charge in [0.25, 0.3) is 5.56 Å². The first-order chi connectivity index (χ1) is 9.24. The van der Waals surface area contributed by atoms with Gasteiger partial charge in [0.15, 0.2) is 4.90 Å². The number of sulfonamides is 1. The number of nitrogens with one attached hydrogen (secondary N) is 3. The van der Waals surface area contributed by atoms with Crippen molar-refractivity contribution in [1.29, 1.82) is 0 Å². The first kappa shape index (κ1) is 14.9. The SMILES string of the molecule is CC1OCCC1(O)CNS(=O)(=O)c1c[nH]c(=O)[nH]c1=O. The molecule has 0 bridgehead atoms. The molecule has 0 amide bonds. The van der Waals surface area contributed by atoms with Gasteiger partial charge in [-0.3, -0.25) is 9.78 Å². The van der Waals surface area contributed by atoms with Crippen LogP contribution in [0.5, 0.6) is 0 Å². The van der Waals surface area contributed by atoms with Crippen LogP contribution in [0.15, 0.2) is 20.7 Å². The Balaban J connectivity index is 2.20. The Morgan fingerprint density at radius 1 is 1.55 bits per heavy atom. The van der Waals surface area contributed by atoms with E-state index in [9.17, 15) is 23.1 Å². The molecule has 1 aliphatic rings. The molecule has 0 aromatic carbocycles. The van der Waals surface area contributed by atoms with Crippen molar-refractivity contribution in [2.24, 2.45) is 0 Å². The number of aromatic amines is 2. The van der Waals surface area contributed by atoms with E-state index in [4.69, 9.17) is 4.74 Å². The van der Waals surface area contributed by atoms with Gasteiger partial charge in [-0.2, -0.15) is 0 Å². The molecule has 1 saturated heterocycles. The predicted molar refractivity (Wildman–Crippen MR) is 67.9 cm³/mol. The van der Waals surface area contributed by atoms with Crippen molar-refractivity contribution < 1.29 is 18.3 Å². The highest BCUT2D eigenvalue weighted by Crippen LogP contribution is 2.25. The first-order valence-electron chi connectivity index (χ1n) is 5.90. The number of H-pyrrole nitrogens is 2. The summed E-state index contributed by atoms with van der Waals surface area (Å²) in [6.07, 6.45) is 0.583. The van der Waals surface area contributed by atoms with E-state index in [0.717, 1.165) is 6.20 Å². The lowest BCUT2D eigenvalue weighted by Crippen LogP contribution is -2.48. The minimum atomic E-state index is -4.14. The summed E-state index contributed by atoms with van der Waals surface area (Å²) in [7, 11) is -4.14. The summed E-state index contributed by atoms with van der Waals surface area (Å²) in [4.78, 5) is 25.6. The van der Waals surface area contributed by atoms with E-state index in [1.165, 1.54) is 0 Å². The summed E-state index contributed by atoms with van der Waals surface area (Å²) in [6, 6.07) is 0. The maximum Gasteiger partial charge on any atom is 0.325 e. The second kappa shape index (κ2) is 5.13. The number of aliphatic hydroxyl groups is 1. The van der Waals surface area contributed by atoms with Crippen molar-refractivity contribution in [2.45, 2.75) is 29.9 Å². The van der Waals surface area contributed by atoms with Gasteiger partial charge in [-0.15, -0.1) is 0 Å². The van der Waals surface area contributed by atoms with Crippen molar-refractivity contribution in [3.8, 4) is 0 Å². The smallest absolute Gasteiger partial charge is 0.325 e. The van der Waals surface area contributed by atoms with Crippen LogP contribution in [-0.4, -0.2) is 48.3 Å². The van der Waals surface area contributed by atoms with Crippen molar-refractivity contribution in [3.05, 3.63) is 27.0 Å². The number of aromatic nitrogens is 2. The average Bonchev–Trinajstić information content (AvgIpc) is 2.68. The molecule has 0 aliphatic carbocycles. The van der Waals surface area contributed by atoms with Gasteiger partial charge < -0.3 is 14.8 Å². The molecule has 1 aromatic rings. The Morgan fingerprint density at radius 2 is 2.25 bits per heavy atom. The molecular weight excluding hydrogens is 290 g/mol. The molecule has 1 fully saturated rings. The zero-order valence-corrected chi connectivity index (χ0v) is 11.5. The third kappa shape index (κ3) is 2.82. The van der Waals surface area contributed by atoms with Crippen LogP contribution in [0.3, 0.4) is 0 Å². The average molecular weight is 305 g/mol. The monoisotopic (exact) mass is 305 g/mol.